The number of piperidine rings is 1. The van der Waals surface area contributed by atoms with Crippen LogP contribution in [0.25, 0.3) is 0 Å². The van der Waals surface area contributed by atoms with Crippen LogP contribution in [0.3, 0.4) is 0 Å². The zero-order valence-corrected chi connectivity index (χ0v) is 19.9. The highest BCUT2D eigenvalue weighted by Crippen LogP contribution is 2.31. The van der Waals surface area contributed by atoms with E-state index < -0.39 is 11.7 Å². The summed E-state index contributed by atoms with van der Waals surface area (Å²) >= 11 is 0. The summed E-state index contributed by atoms with van der Waals surface area (Å²) in [6, 6.07) is 11.2. The lowest BCUT2D eigenvalue weighted by Crippen LogP contribution is -2.37. The Kier molecular flexibility index (Phi) is 7.24. The van der Waals surface area contributed by atoms with Crippen LogP contribution in [0.2, 0.25) is 0 Å². The summed E-state index contributed by atoms with van der Waals surface area (Å²) < 4.78 is 13.7. The first-order chi connectivity index (χ1) is 16.9. The molecule has 0 bridgehead atoms. The molecule has 3 N–H and O–H groups in total. The van der Waals surface area contributed by atoms with Crippen molar-refractivity contribution in [1.29, 1.82) is 0 Å². The largest absolute Gasteiger partial charge is 0.365 e. The highest BCUT2D eigenvalue weighted by atomic mass is 19.1. The molecule has 0 unspecified atom stereocenters. The van der Waals surface area contributed by atoms with Crippen LogP contribution in [-0.2, 0) is 4.79 Å². The number of hydrogen-bond donors (Lipinski definition) is 2. The molecule has 9 heteroatoms. The van der Waals surface area contributed by atoms with Gasteiger partial charge in [0.15, 0.2) is 0 Å². The fourth-order valence-electron chi connectivity index (χ4n) is 4.38. The fourth-order valence-corrected chi connectivity index (χ4v) is 4.38. The number of rotatable bonds is 7. The molecule has 4 rings (SSSR count). The number of carbonyl (C=O) groups excluding carboxylic acids is 2. The number of nitrogens with one attached hydrogen (secondary N) is 1. The predicted octanol–water partition coefficient (Wildman–Crippen LogP) is 4.34. The molecule has 1 saturated heterocycles. The third kappa shape index (κ3) is 5.56. The summed E-state index contributed by atoms with van der Waals surface area (Å²) in [5, 5.41) is 3.26. The number of primary amides is 1. The second-order valence-corrected chi connectivity index (χ2v) is 8.63. The van der Waals surface area contributed by atoms with Crippen LogP contribution in [0.4, 0.5) is 27.3 Å². The van der Waals surface area contributed by atoms with Crippen LogP contribution in [0.15, 0.2) is 55.0 Å². The van der Waals surface area contributed by atoms with E-state index in [-0.39, 0.29) is 11.5 Å². The molecule has 8 nitrogen and oxygen atoms in total. The first-order valence-electron chi connectivity index (χ1n) is 11.6. The highest BCUT2D eigenvalue weighted by molar-refractivity contribution is 5.99. The fraction of sp³-hybridized carbons (Fsp3) is 0.308. The molecular formula is C26H29FN6O2. The average molecular weight is 477 g/mol. The van der Waals surface area contributed by atoms with Gasteiger partial charge in [0, 0.05) is 50.6 Å². The van der Waals surface area contributed by atoms with Crippen molar-refractivity contribution in [2.24, 2.45) is 5.73 Å². The molecule has 2 aromatic heterocycles. The third-order valence-corrected chi connectivity index (χ3v) is 6.39. The number of halogens is 1. The molecule has 0 spiro atoms. The van der Waals surface area contributed by atoms with E-state index >= 15 is 0 Å². The number of pyridine rings is 2. The lowest BCUT2D eigenvalue weighted by Gasteiger charge is -2.32. The Morgan fingerprint density at radius 3 is 2.49 bits per heavy atom. The predicted molar refractivity (Wildman–Crippen MR) is 134 cm³/mol. The van der Waals surface area contributed by atoms with Crippen molar-refractivity contribution in [2.75, 3.05) is 30.4 Å². The first-order valence-corrected chi connectivity index (χ1v) is 11.6. The van der Waals surface area contributed by atoms with Gasteiger partial charge < -0.3 is 20.9 Å². The first kappa shape index (κ1) is 24.1. The molecule has 3 heterocycles. The molecule has 0 atom stereocenters. The molecule has 0 radical (unpaired) electrons. The average Bonchev–Trinajstić information content (AvgIpc) is 2.88. The number of amides is 2. The minimum atomic E-state index is -0.633. The Morgan fingerprint density at radius 1 is 1.14 bits per heavy atom. The molecular weight excluding hydrogens is 447 g/mol. The van der Waals surface area contributed by atoms with Crippen LogP contribution >= 0.6 is 0 Å². The summed E-state index contributed by atoms with van der Waals surface area (Å²) in [5.74, 6) is 0.0475. The molecule has 182 valence electrons. The van der Waals surface area contributed by atoms with Gasteiger partial charge in [-0.25, -0.2) is 9.37 Å². The van der Waals surface area contributed by atoms with Crippen LogP contribution in [0, 0.1) is 5.82 Å². The van der Waals surface area contributed by atoms with Gasteiger partial charge >= 0.3 is 0 Å². The molecule has 0 saturated carbocycles. The monoisotopic (exact) mass is 476 g/mol. The van der Waals surface area contributed by atoms with Crippen LogP contribution < -0.4 is 16.0 Å². The van der Waals surface area contributed by atoms with Gasteiger partial charge in [0.1, 0.15) is 11.6 Å². The standard InChI is InChI=1S/C26H29FN6O2/c1-3-25(34)33-10-8-18(9-11-33)17-4-6-20(7-5-17)31-24-13-23(22(16-30-24)26(28)35)32(2)21-12-19(27)14-29-15-21/h4-7,12-16,18H,3,8-11H2,1-2H3,(H2,28,35)(H,30,31). The van der Waals surface area contributed by atoms with Crippen LogP contribution in [0.5, 0.6) is 0 Å². The maximum Gasteiger partial charge on any atom is 0.252 e. The van der Waals surface area contributed by atoms with E-state index in [9.17, 15) is 14.0 Å². The van der Waals surface area contributed by atoms with Crippen molar-refractivity contribution < 1.29 is 14.0 Å². The molecule has 1 aliphatic heterocycles. The highest BCUT2D eigenvalue weighted by Gasteiger charge is 2.23. The molecule has 0 aliphatic carbocycles. The maximum absolute atomic E-state index is 13.7. The minimum Gasteiger partial charge on any atom is -0.365 e. The zero-order valence-electron chi connectivity index (χ0n) is 19.9. The van der Waals surface area contributed by atoms with E-state index in [0.717, 1.165) is 37.8 Å². The van der Waals surface area contributed by atoms with Gasteiger partial charge in [-0.15, -0.1) is 0 Å². The topological polar surface area (TPSA) is 104 Å². The van der Waals surface area contributed by atoms with E-state index in [4.69, 9.17) is 5.73 Å². The summed E-state index contributed by atoms with van der Waals surface area (Å²) in [4.78, 5) is 35.7. The summed E-state index contributed by atoms with van der Waals surface area (Å²) in [6.07, 6.45) is 6.49. The zero-order chi connectivity index (χ0) is 24.9. The SMILES string of the molecule is CCC(=O)N1CCC(c2ccc(Nc3cc(N(C)c4cncc(F)c4)c(C(N)=O)cn3)cc2)CC1. The van der Waals surface area contributed by atoms with E-state index in [1.54, 1.807) is 18.0 Å². The molecule has 1 aliphatic rings. The number of hydrogen-bond acceptors (Lipinski definition) is 6. The number of nitrogens with two attached hydrogens (primary N) is 1. The van der Waals surface area contributed by atoms with E-state index in [1.165, 1.54) is 24.0 Å². The van der Waals surface area contributed by atoms with Gasteiger partial charge in [-0.2, -0.15) is 0 Å². The number of carbonyl (C=O) groups is 2. The third-order valence-electron chi connectivity index (χ3n) is 6.39. The Labute approximate surface area is 204 Å². The minimum absolute atomic E-state index is 0.213. The van der Waals surface area contributed by atoms with Crippen molar-refractivity contribution in [3.8, 4) is 0 Å². The van der Waals surface area contributed by atoms with Crippen molar-refractivity contribution in [3.05, 3.63) is 71.9 Å². The summed E-state index contributed by atoms with van der Waals surface area (Å²) in [7, 11) is 1.70. The van der Waals surface area contributed by atoms with E-state index in [2.05, 4.69) is 27.4 Å². The summed E-state index contributed by atoms with van der Waals surface area (Å²) in [5.41, 5.74) is 8.80. The van der Waals surface area contributed by atoms with E-state index in [1.807, 2.05) is 24.0 Å². The normalized spacial score (nSPS) is 14.0. The lowest BCUT2D eigenvalue weighted by atomic mass is 9.89. The summed E-state index contributed by atoms with van der Waals surface area (Å²) in [6.45, 7) is 3.49. The van der Waals surface area contributed by atoms with Gasteiger partial charge in [-0.3, -0.25) is 14.6 Å². The van der Waals surface area contributed by atoms with Gasteiger partial charge in [0.25, 0.3) is 5.91 Å². The molecule has 1 fully saturated rings. The quantitative estimate of drug-likeness (QED) is 0.526. The van der Waals surface area contributed by atoms with Gasteiger partial charge in [-0.1, -0.05) is 19.1 Å². The van der Waals surface area contributed by atoms with Crippen molar-refractivity contribution in [2.45, 2.75) is 32.1 Å². The number of benzene rings is 1. The van der Waals surface area contributed by atoms with Crippen LogP contribution in [-0.4, -0.2) is 46.8 Å². The Morgan fingerprint density at radius 2 is 1.86 bits per heavy atom. The molecule has 35 heavy (non-hydrogen) atoms. The maximum atomic E-state index is 13.7. The molecule has 1 aromatic carbocycles. The second-order valence-electron chi connectivity index (χ2n) is 8.63. The number of likely N-dealkylation sites (tertiary alicyclic amines) is 1. The molecule has 2 amide bonds. The second kappa shape index (κ2) is 10.5. The lowest BCUT2D eigenvalue weighted by molar-refractivity contribution is -0.131. The van der Waals surface area contributed by atoms with E-state index in [0.29, 0.717) is 29.5 Å². The molecule has 3 aromatic rings. The Bertz CT molecular complexity index is 1210. The Balaban J connectivity index is 1.49. The smallest absolute Gasteiger partial charge is 0.252 e. The van der Waals surface area contributed by atoms with Gasteiger partial charge in [-0.05, 0) is 36.5 Å². The van der Waals surface area contributed by atoms with Crippen molar-refractivity contribution in [1.82, 2.24) is 14.9 Å². The van der Waals surface area contributed by atoms with Crippen LogP contribution in [0.1, 0.15) is 48.0 Å². The van der Waals surface area contributed by atoms with Gasteiger partial charge in [0.2, 0.25) is 5.91 Å². The Hall–Kier alpha value is -4.01. The van der Waals surface area contributed by atoms with Gasteiger partial charge in [0.05, 0.1) is 29.3 Å². The van der Waals surface area contributed by atoms with Crippen molar-refractivity contribution in [3.63, 3.8) is 0 Å². The number of aromatic nitrogens is 2. The number of nitrogens with zero attached hydrogens (tertiary/aromatic N) is 4. The number of anilines is 4. The van der Waals surface area contributed by atoms with Crippen molar-refractivity contribution >= 4 is 34.7 Å².